The topological polar surface area (TPSA) is 75.9 Å². The minimum atomic E-state index is -0.0329. The van der Waals surface area contributed by atoms with Gasteiger partial charge in [0.2, 0.25) is 5.91 Å². The van der Waals surface area contributed by atoms with E-state index >= 15 is 0 Å². The summed E-state index contributed by atoms with van der Waals surface area (Å²) in [6.07, 6.45) is 0.514. The molecule has 6 heteroatoms. The van der Waals surface area contributed by atoms with Crippen molar-refractivity contribution < 1.29 is 14.3 Å². The lowest BCUT2D eigenvalue weighted by Crippen LogP contribution is -2.41. The summed E-state index contributed by atoms with van der Waals surface area (Å²) >= 11 is 0. The van der Waals surface area contributed by atoms with Crippen molar-refractivity contribution >= 4 is 23.2 Å². The van der Waals surface area contributed by atoms with E-state index in [-0.39, 0.29) is 24.3 Å². The van der Waals surface area contributed by atoms with Crippen LogP contribution < -0.4 is 15.5 Å². The Morgan fingerprint density at radius 1 is 1.10 bits per heavy atom. The molecule has 112 valence electrons. The second-order valence-corrected chi connectivity index (χ2v) is 5.42. The number of amides is 2. The molecule has 3 rings (SSSR count). The summed E-state index contributed by atoms with van der Waals surface area (Å²) in [7, 11) is 0. The molecule has 1 aromatic carbocycles. The average Bonchev–Trinajstić information content (AvgIpc) is 2.89. The monoisotopic (exact) mass is 289 g/mol. The van der Waals surface area contributed by atoms with Crippen LogP contribution in [0.15, 0.2) is 24.3 Å². The van der Waals surface area contributed by atoms with Gasteiger partial charge in [0, 0.05) is 30.9 Å². The number of hydrogen-bond donors (Lipinski definition) is 1. The van der Waals surface area contributed by atoms with Crippen molar-refractivity contribution in [3.8, 4) is 0 Å². The smallest absolute Gasteiger partial charge is 0.253 e. The Balaban J connectivity index is 1.75. The van der Waals surface area contributed by atoms with Gasteiger partial charge < -0.3 is 20.3 Å². The van der Waals surface area contributed by atoms with Crippen molar-refractivity contribution in [1.82, 2.24) is 0 Å². The van der Waals surface area contributed by atoms with E-state index in [1.165, 1.54) is 0 Å². The first-order chi connectivity index (χ1) is 10.2. The van der Waals surface area contributed by atoms with Crippen LogP contribution in [-0.2, 0) is 14.3 Å². The number of hydrogen-bond acceptors (Lipinski definition) is 4. The number of anilines is 2. The lowest BCUT2D eigenvalue weighted by molar-refractivity contribution is -0.125. The third-order valence-corrected chi connectivity index (χ3v) is 4.00. The molecular weight excluding hydrogens is 270 g/mol. The molecule has 2 N–H and O–H groups in total. The van der Waals surface area contributed by atoms with E-state index in [1.807, 2.05) is 24.3 Å². The van der Waals surface area contributed by atoms with Gasteiger partial charge in [-0.05, 0) is 36.7 Å². The van der Waals surface area contributed by atoms with E-state index in [1.54, 1.807) is 9.80 Å². The van der Waals surface area contributed by atoms with Crippen LogP contribution in [0.25, 0.3) is 0 Å². The molecule has 1 unspecified atom stereocenters. The fourth-order valence-corrected chi connectivity index (χ4v) is 2.79. The minimum Gasteiger partial charge on any atom is -0.370 e. The van der Waals surface area contributed by atoms with E-state index in [2.05, 4.69) is 0 Å². The summed E-state index contributed by atoms with van der Waals surface area (Å²) < 4.78 is 5.12. The summed E-state index contributed by atoms with van der Waals surface area (Å²) in [6, 6.07) is 7.52. The molecule has 2 amide bonds. The maximum Gasteiger partial charge on any atom is 0.253 e. The Morgan fingerprint density at radius 3 is 2.33 bits per heavy atom. The van der Waals surface area contributed by atoms with Gasteiger partial charge >= 0.3 is 0 Å². The standard InChI is InChI=1S/C15H19N3O3/c16-8-11-7-14(19)18(9-11)13-3-1-12(2-4-13)17-5-6-21-10-15(17)20/h1-4,11H,5-10,16H2. The number of nitrogens with zero attached hydrogens (tertiary/aromatic N) is 2. The second-order valence-electron chi connectivity index (χ2n) is 5.42. The molecule has 21 heavy (non-hydrogen) atoms. The Kier molecular flexibility index (Phi) is 3.90. The highest BCUT2D eigenvalue weighted by atomic mass is 16.5. The van der Waals surface area contributed by atoms with Gasteiger partial charge in [-0.1, -0.05) is 0 Å². The molecular formula is C15H19N3O3. The molecule has 2 aliphatic rings. The normalized spacial score (nSPS) is 23.0. The number of rotatable bonds is 3. The van der Waals surface area contributed by atoms with E-state index < -0.39 is 0 Å². The molecule has 0 bridgehead atoms. The number of ether oxygens (including phenoxy) is 1. The summed E-state index contributed by atoms with van der Waals surface area (Å²) in [4.78, 5) is 27.2. The molecule has 1 atom stereocenters. The number of morpholine rings is 1. The molecule has 6 nitrogen and oxygen atoms in total. The molecule has 2 heterocycles. The zero-order valence-corrected chi connectivity index (χ0v) is 11.8. The minimum absolute atomic E-state index is 0.0329. The highest BCUT2D eigenvalue weighted by molar-refractivity contribution is 5.97. The van der Waals surface area contributed by atoms with Crippen molar-refractivity contribution in [2.75, 3.05) is 42.6 Å². The van der Waals surface area contributed by atoms with Gasteiger partial charge in [-0.3, -0.25) is 9.59 Å². The van der Waals surface area contributed by atoms with Gasteiger partial charge in [0.15, 0.2) is 0 Å². The van der Waals surface area contributed by atoms with Crippen LogP contribution in [0, 0.1) is 5.92 Å². The SMILES string of the molecule is NCC1CC(=O)N(c2ccc(N3CCOCC3=O)cc2)C1. The highest BCUT2D eigenvalue weighted by Crippen LogP contribution is 2.27. The van der Waals surface area contributed by atoms with Crippen LogP contribution >= 0.6 is 0 Å². The molecule has 0 aromatic heterocycles. The van der Waals surface area contributed by atoms with E-state index in [9.17, 15) is 9.59 Å². The lowest BCUT2D eigenvalue weighted by Gasteiger charge is -2.27. The lowest BCUT2D eigenvalue weighted by atomic mass is 10.1. The Hall–Kier alpha value is -1.92. The van der Waals surface area contributed by atoms with Crippen LogP contribution in [0.5, 0.6) is 0 Å². The van der Waals surface area contributed by atoms with Crippen molar-refractivity contribution in [3.63, 3.8) is 0 Å². The predicted molar refractivity (Wildman–Crippen MR) is 79.1 cm³/mol. The summed E-state index contributed by atoms with van der Waals surface area (Å²) in [5.41, 5.74) is 7.34. The maximum atomic E-state index is 12.0. The third kappa shape index (κ3) is 2.77. The fourth-order valence-electron chi connectivity index (χ4n) is 2.79. The first-order valence-electron chi connectivity index (χ1n) is 7.17. The second kappa shape index (κ2) is 5.83. The molecule has 0 radical (unpaired) electrons. The molecule has 1 aromatic rings. The van der Waals surface area contributed by atoms with Gasteiger partial charge in [-0.25, -0.2) is 0 Å². The predicted octanol–water partition coefficient (Wildman–Crippen LogP) is 0.361. The third-order valence-electron chi connectivity index (χ3n) is 4.00. The fraction of sp³-hybridized carbons (Fsp3) is 0.467. The quantitative estimate of drug-likeness (QED) is 0.872. The van der Waals surface area contributed by atoms with Crippen LogP contribution in [0.2, 0.25) is 0 Å². The van der Waals surface area contributed by atoms with E-state index in [4.69, 9.17) is 10.5 Å². The molecule has 2 fully saturated rings. The van der Waals surface area contributed by atoms with Crippen LogP contribution in [0.4, 0.5) is 11.4 Å². The van der Waals surface area contributed by atoms with Crippen molar-refractivity contribution in [2.45, 2.75) is 6.42 Å². The molecule has 0 saturated carbocycles. The van der Waals surface area contributed by atoms with Gasteiger partial charge in [0.05, 0.1) is 6.61 Å². The molecule has 0 aliphatic carbocycles. The largest absolute Gasteiger partial charge is 0.370 e. The Labute approximate surface area is 123 Å². The zero-order chi connectivity index (χ0) is 14.8. The van der Waals surface area contributed by atoms with E-state index in [0.717, 1.165) is 11.4 Å². The van der Waals surface area contributed by atoms with Gasteiger partial charge in [-0.2, -0.15) is 0 Å². The summed E-state index contributed by atoms with van der Waals surface area (Å²) in [6.45, 7) is 2.45. The number of benzene rings is 1. The van der Waals surface area contributed by atoms with Crippen LogP contribution in [0.1, 0.15) is 6.42 Å². The Bertz CT molecular complexity index is 544. The molecule has 2 aliphatic heterocycles. The van der Waals surface area contributed by atoms with Gasteiger partial charge in [0.1, 0.15) is 6.61 Å². The van der Waals surface area contributed by atoms with Crippen molar-refractivity contribution in [1.29, 1.82) is 0 Å². The van der Waals surface area contributed by atoms with Crippen LogP contribution in [-0.4, -0.2) is 44.7 Å². The van der Waals surface area contributed by atoms with Crippen molar-refractivity contribution in [3.05, 3.63) is 24.3 Å². The average molecular weight is 289 g/mol. The summed E-state index contributed by atoms with van der Waals surface area (Å²) in [5.74, 6) is 0.313. The Morgan fingerprint density at radius 2 is 1.76 bits per heavy atom. The zero-order valence-electron chi connectivity index (χ0n) is 11.8. The van der Waals surface area contributed by atoms with Crippen LogP contribution in [0.3, 0.4) is 0 Å². The van der Waals surface area contributed by atoms with Crippen molar-refractivity contribution in [2.24, 2.45) is 11.7 Å². The number of carbonyl (C=O) groups is 2. The first kappa shape index (κ1) is 14.0. The van der Waals surface area contributed by atoms with Gasteiger partial charge in [-0.15, -0.1) is 0 Å². The number of carbonyl (C=O) groups excluding carboxylic acids is 2. The molecule has 0 spiro atoms. The molecule has 2 saturated heterocycles. The highest BCUT2D eigenvalue weighted by Gasteiger charge is 2.29. The van der Waals surface area contributed by atoms with E-state index in [0.29, 0.717) is 32.7 Å². The van der Waals surface area contributed by atoms with Gasteiger partial charge in [0.25, 0.3) is 5.91 Å². The number of nitrogens with two attached hydrogens (primary N) is 1. The summed E-state index contributed by atoms with van der Waals surface area (Å²) in [5, 5.41) is 0. The first-order valence-corrected chi connectivity index (χ1v) is 7.17. The maximum absolute atomic E-state index is 12.0.